The van der Waals surface area contributed by atoms with Crippen molar-refractivity contribution in [2.75, 3.05) is 6.54 Å². The van der Waals surface area contributed by atoms with Gasteiger partial charge < -0.3 is 15.7 Å². The third kappa shape index (κ3) is 4.54. The molecule has 1 aliphatic carbocycles. The molecule has 0 heterocycles. The van der Waals surface area contributed by atoms with Crippen LogP contribution in [-0.4, -0.2) is 30.0 Å². The summed E-state index contributed by atoms with van der Waals surface area (Å²) in [5.41, 5.74) is -1.28. The van der Waals surface area contributed by atoms with Crippen LogP contribution in [0.5, 0.6) is 0 Å². The summed E-state index contributed by atoms with van der Waals surface area (Å²) < 4.78 is 66.2. The van der Waals surface area contributed by atoms with Crippen molar-refractivity contribution < 1.29 is 31.9 Å². The molecule has 2 atom stereocenters. The summed E-state index contributed by atoms with van der Waals surface area (Å²) in [6.45, 7) is -0.235. The Bertz CT molecular complexity index is 555. The maximum atomic E-state index is 13.6. The van der Waals surface area contributed by atoms with E-state index in [1.165, 1.54) is 5.32 Å². The second-order valence-corrected chi connectivity index (χ2v) is 5.37. The lowest BCUT2D eigenvalue weighted by Gasteiger charge is -2.23. The van der Waals surface area contributed by atoms with Gasteiger partial charge in [-0.25, -0.2) is 13.6 Å². The van der Waals surface area contributed by atoms with Crippen LogP contribution in [0.2, 0.25) is 0 Å². The van der Waals surface area contributed by atoms with Crippen LogP contribution in [0.15, 0.2) is 18.2 Å². The van der Waals surface area contributed by atoms with Crippen LogP contribution in [0.4, 0.5) is 26.7 Å². The second-order valence-electron chi connectivity index (χ2n) is 5.37. The lowest BCUT2D eigenvalue weighted by atomic mass is 10.1. The zero-order valence-corrected chi connectivity index (χ0v) is 11.8. The predicted molar refractivity (Wildman–Crippen MR) is 70.4 cm³/mol. The van der Waals surface area contributed by atoms with Crippen molar-refractivity contribution in [3.63, 3.8) is 0 Å². The molecule has 9 heteroatoms. The third-order valence-corrected chi connectivity index (χ3v) is 3.53. The van der Waals surface area contributed by atoms with Crippen LogP contribution in [-0.2, 0) is 0 Å². The summed E-state index contributed by atoms with van der Waals surface area (Å²) in [5, 5.41) is 13.1. The van der Waals surface area contributed by atoms with Crippen LogP contribution in [0.3, 0.4) is 0 Å². The van der Waals surface area contributed by atoms with E-state index in [0.717, 1.165) is 18.9 Å². The molecule has 0 saturated heterocycles. The van der Waals surface area contributed by atoms with Gasteiger partial charge in [-0.2, -0.15) is 13.2 Å². The van der Waals surface area contributed by atoms with E-state index in [2.05, 4.69) is 5.32 Å². The zero-order valence-electron chi connectivity index (χ0n) is 11.8. The summed E-state index contributed by atoms with van der Waals surface area (Å²) in [5.74, 6) is -2.80. The molecule has 1 aromatic rings. The molecule has 0 spiro atoms. The van der Waals surface area contributed by atoms with E-state index in [1.54, 1.807) is 0 Å². The minimum absolute atomic E-state index is 0.0257. The Morgan fingerprint density at radius 3 is 2.30 bits per heavy atom. The van der Waals surface area contributed by atoms with E-state index in [-0.39, 0.29) is 12.5 Å². The van der Waals surface area contributed by atoms with Gasteiger partial charge in [-0.05, 0) is 30.9 Å². The van der Waals surface area contributed by atoms with Crippen LogP contribution < -0.4 is 10.6 Å². The quantitative estimate of drug-likeness (QED) is 0.723. The smallest absolute Gasteiger partial charge is 0.391 e. The summed E-state index contributed by atoms with van der Waals surface area (Å²) in [6, 6.07) is -1.83. The summed E-state index contributed by atoms with van der Waals surface area (Å²) in [6.07, 6.45) is -4.36. The van der Waals surface area contributed by atoms with Crippen molar-refractivity contribution in [3.05, 3.63) is 35.4 Å². The van der Waals surface area contributed by atoms with Crippen LogP contribution in [0.1, 0.15) is 24.4 Å². The highest BCUT2D eigenvalue weighted by molar-refractivity contribution is 5.74. The molecule has 2 rings (SSSR count). The molecular formula is C14H15F5N2O2. The van der Waals surface area contributed by atoms with E-state index in [1.807, 2.05) is 0 Å². The maximum absolute atomic E-state index is 13.6. The first-order chi connectivity index (χ1) is 10.7. The molecule has 1 fully saturated rings. The summed E-state index contributed by atoms with van der Waals surface area (Å²) in [4.78, 5) is 11.6. The van der Waals surface area contributed by atoms with Crippen LogP contribution >= 0.6 is 0 Å². The monoisotopic (exact) mass is 338 g/mol. The average molecular weight is 338 g/mol. The number of aliphatic hydroxyl groups is 1. The van der Waals surface area contributed by atoms with Crippen molar-refractivity contribution in [1.29, 1.82) is 0 Å². The van der Waals surface area contributed by atoms with Crippen molar-refractivity contribution in [1.82, 2.24) is 10.6 Å². The minimum atomic E-state index is -5.09. The van der Waals surface area contributed by atoms with E-state index < -0.39 is 41.6 Å². The molecule has 1 aromatic carbocycles. The van der Waals surface area contributed by atoms with E-state index in [4.69, 9.17) is 0 Å². The fourth-order valence-corrected chi connectivity index (χ4v) is 2.13. The molecule has 0 aliphatic heterocycles. The number of carbonyl (C=O) groups is 1. The van der Waals surface area contributed by atoms with Crippen molar-refractivity contribution in [2.45, 2.75) is 31.2 Å². The Labute approximate surface area is 128 Å². The molecule has 1 saturated carbocycles. The van der Waals surface area contributed by atoms with E-state index in [0.29, 0.717) is 12.1 Å². The lowest BCUT2D eigenvalue weighted by molar-refractivity contribution is -0.156. The molecule has 128 valence electrons. The number of alkyl halides is 3. The normalized spacial score (nSPS) is 17.5. The minimum Gasteiger partial charge on any atom is -0.391 e. The van der Waals surface area contributed by atoms with Crippen molar-refractivity contribution >= 4 is 6.03 Å². The average Bonchev–Trinajstić information content (AvgIpc) is 3.27. The maximum Gasteiger partial charge on any atom is 0.413 e. The highest BCUT2D eigenvalue weighted by Crippen LogP contribution is 2.35. The van der Waals surface area contributed by atoms with Crippen LogP contribution in [0, 0.1) is 17.6 Å². The number of benzene rings is 1. The SMILES string of the molecule is O=C(NC[C@@H](O)C1CC1)N[C@@H](c1c(F)cccc1F)C(F)(F)F. The Morgan fingerprint density at radius 1 is 1.26 bits per heavy atom. The fraction of sp³-hybridized carbons (Fsp3) is 0.500. The highest BCUT2D eigenvalue weighted by Gasteiger charge is 2.45. The van der Waals surface area contributed by atoms with Gasteiger partial charge in [-0.15, -0.1) is 0 Å². The number of amides is 2. The largest absolute Gasteiger partial charge is 0.413 e. The van der Waals surface area contributed by atoms with Gasteiger partial charge in [0.2, 0.25) is 0 Å². The molecule has 0 radical (unpaired) electrons. The second kappa shape index (κ2) is 6.69. The van der Waals surface area contributed by atoms with Gasteiger partial charge in [-0.1, -0.05) is 6.07 Å². The number of hydrogen-bond donors (Lipinski definition) is 3. The van der Waals surface area contributed by atoms with E-state index >= 15 is 0 Å². The number of rotatable bonds is 5. The molecule has 0 aromatic heterocycles. The number of hydrogen-bond acceptors (Lipinski definition) is 2. The molecule has 3 N–H and O–H groups in total. The van der Waals surface area contributed by atoms with Crippen LogP contribution in [0.25, 0.3) is 0 Å². The van der Waals surface area contributed by atoms with Gasteiger partial charge in [-0.3, -0.25) is 0 Å². The van der Waals surface area contributed by atoms with Gasteiger partial charge in [0.05, 0.1) is 11.7 Å². The molecular weight excluding hydrogens is 323 g/mol. The van der Waals surface area contributed by atoms with Gasteiger partial charge in [0.25, 0.3) is 0 Å². The highest BCUT2D eigenvalue weighted by atomic mass is 19.4. The number of aliphatic hydroxyl groups excluding tert-OH is 1. The zero-order chi connectivity index (χ0) is 17.2. The van der Waals surface area contributed by atoms with Gasteiger partial charge in [0.1, 0.15) is 11.6 Å². The van der Waals surface area contributed by atoms with Gasteiger partial charge in [0.15, 0.2) is 6.04 Å². The molecule has 0 unspecified atom stereocenters. The lowest BCUT2D eigenvalue weighted by Crippen LogP contribution is -2.46. The molecule has 1 aliphatic rings. The molecule has 0 bridgehead atoms. The molecule has 2 amide bonds. The first-order valence-corrected chi connectivity index (χ1v) is 6.93. The Kier molecular flexibility index (Phi) is 5.08. The van der Waals surface area contributed by atoms with E-state index in [9.17, 15) is 31.9 Å². The number of urea groups is 1. The number of halogens is 5. The topological polar surface area (TPSA) is 61.4 Å². The molecule has 23 heavy (non-hydrogen) atoms. The summed E-state index contributed by atoms with van der Waals surface area (Å²) >= 11 is 0. The Morgan fingerprint density at radius 2 is 1.83 bits per heavy atom. The van der Waals surface area contributed by atoms with Gasteiger partial charge >= 0.3 is 12.2 Å². The number of nitrogens with one attached hydrogen (secondary N) is 2. The standard InChI is InChI=1S/C14H15F5N2O2/c15-8-2-1-3-9(16)11(8)12(14(17,18)19)21-13(23)20-6-10(22)7-4-5-7/h1-3,7,10,12,22H,4-6H2,(H2,20,21,23)/t10-,12+/m1/s1. The first-order valence-electron chi connectivity index (χ1n) is 6.93. The number of carbonyl (C=O) groups excluding carboxylic acids is 1. The predicted octanol–water partition coefficient (Wildman–Crippen LogP) is 2.64. The summed E-state index contributed by atoms with van der Waals surface area (Å²) in [7, 11) is 0. The van der Waals surface area contributed by atoms with Crippen molar-refractivity contribution in [3.8, 4) is 0 Å². The molecule has 4 nitrogen and oxygen atoms in total. The first kappa shape index (κ1) is 17.5. The Balaban J connectivity index is 2.08. The third-order valence-electron chi connectivity index (χ3n) is 3.53. The van der Waals surface area contributed by atoms with Gasteiger partial charge in [0, 0.05) is 6.54 Å². The Hall–Kier alpha value is -1.90. The van der Waals surface area contributed by atoms with Crippen molar-refractivity contribution in [2.24, 2.45) is 5.92 Å². The fourth-order valence-electron chi connectivity index (χ4n) is 2.13.